The molecular formula is C28H27F7N10O2. The molecule has 1 aliphatic rings. The summed E-state index contributed by atoms with van der Waals surface area (Å²) in [6, 6.07) is 2.85. The van der Waals surface area contributed by atoms with Gasteiger partial charge in [0.2, 0.25) is 5.95 Å². The molecule has 4 heterocycles. The molecule has 2 amide bonds. The largest absolute Gasteiger partial charge is 0.467 e. The van der Waals surface area contributed by atoms with E-state index in [1.54, 1.807) is 12.1 Å². The molecule has 1 aliphatic carbocycles. The average Bonchev–Trinajstić information content (AvgIpc) is 3.56. The van der Waals surface area contributed by atoms with Gasteiger partial charge in [-0.2, -0.15) is 27.1 Å². The minimum Gasteiger partial charge on any atom is -0.467 e. The van der Waals surface area contributed by atoms with Gasteiger partial charge in [0.05, 0.1) is 13.7 Å². The smallest absolute Gasteiger partial charge is 0.420 e. The van der Waals surface area contributed by atoms with Crippen molar-refractivity contribution in [3.63, 3.8) is 0 Å². The highest BCUT2D eigenvalue weighted by Crippen LogP contribution is 2.36. The number of nitrogens with zero attached hydrogens (tertiary/aromatic N) is 8. The highest BCUT2D eigenvalue weighted by Gasteiger charge is 2.37. The first-order valence-corrected chi connectivity index (χ1v) is 14.1. The number of alkyl halides is 7. The van der Waals surface area contributed by atoms with Crippen LogP contribution in [-0.2, 0) is 6.18 Å². The lowest BCUT2D eigenvalue weighted by Gasteiger charge is -2.36. The van der Waals surface area contributed by atoms with Gasteiger partial charge < -0.3 is 15.4 Å². The van der Waals surface area contributed by atoms with E-state index >= 15 is 0 Å². The summed E-state index contributed by atoms with van der Waals surface area (Å²) in [5, 5.41) is 8.70. The van der Waals surface area contributed by atoms with E-state index in [1.807, 2.05) is 0 Å². The highest BCUT2D eigenvalue weighted by atomic mass is 19.4. The van der Waals surface area contributed by atoms with E-state index in [9.17, 15) is 35.5 Å². The summed E-state index contributed by atoms with van der Waals surface area (Å²) < 4.78 is 98.1. The maximum atomic E-state index is 13.7. The third-order valence-corrected chi connectivity index (χ3v) is 7.31. The third-order valence-electron chi connectivity index (χ3n) is 7.31. The van der Waals surface area contributed by atoms with Crippen LogP contribution in [-0.4, -0.2) is 72.9 Å². The molecule has 12 nitrogen and oxygen atoms in total. The van der Waals surface area contributed by atoms with Gasteiger partial charge >= 0.3 is 24.8 Å². The van der Waals surface area contributed by atoms with Crippen molar-refractivity contribution in [3.05, 3.63) is 54.7 Å². The lowest BCUT2D eigenvalue weighted by atomic mass is 9.90. The zero-order chi connectivity index (χ0) is 33.7. The second kappa shape index (κ2) is 14.1. The third kappa shape index (κ3) is 8.01. The Labute approximate surface area is 262 Å². The van der Waals surface area contributed by atoms with E-state index in [1.165, 1.54) is 30.6 Å². The SMILES string of the molecule is COc1ncc(-c2ccc(N(C(=O)NCC(F)F)C3CCC(Nc4ncc(C(F)(F)F)c(-c5ccn(C(F)F)n5)n4)CC3)nc2)cn1. The quantitative estimate of drug-likeness (QED) is 0.201. The van der Waals surface area contributed by atoms with Crippen molar-refractivity contribution in [1.82, 2.24) is 40.0 Å². The van der Waals surface area contributed by atoms with Gasteiger partial charge in [0, 0.05) is 54.2 Å². The Kier molecular flexibility index (Phi) is 10.00. The van der Waals surface area contributed by atoms with Crippen LogP contribution in [0.5, 0.6) is 6.01 Å². The molecule has 0 bridgehead atoms. The van der Waals surface area contributed by atoms with Gasteiger partial charge in [-0.15, -0.1) is 0 Å². The summed E-state index contributed by atoms with van der Waals surface area (Å²) in [6.45, 7) is -3.92. The highest BCUT2D eigenvalue weighted by molar-refractivity contribution is 5.91. The van der Waals surface area contributed by atoms with E-state index < -0.39 is 54.7 Å². The number of carbonyl (C=O) groups is 1. The molecule has 4 aromatic rings. The predicted molar refractivity (Wildman–Crippen MR) is 153 cm³/mol. The van der Waals surface area contributed by atoms with Crippen LogP contribution < -0.4 is 20.3 Å². The van der Waals surface area contributed by atoms with Gasteiger partial charge in [-0.3, -0.25) is 4.90 Å². The molecule has 5 rings (SSSR count). The van der Waals surface area contributed by atoms with Crippen molar-refractivity contribution >= 4 is 17.8 Å². The number of ether oxygens (including phenoxy) is 1. The molecule has 0 aliphatic heterocycles. The van der Waals surface area contributed by atoms with E-state index in [2.05, 4.69) is 40.7 Å². The van der Waals surface area contributed by atoms with Crippen molar-refractivity contribution in [2.45, 2.75) is 56.9 Å². The van der Waals surface area contributed by atoms with Gasteiger partial charge in [0.25, 0.3) is 6.43 Å². The Hall–Kier alpha value is -5.10. The number of pyridine rings is 1. The van der Waals surface area contributed by atoms with Crippen LogP contribution in [0.3, 0.4) is 0 Å². The van der Waals surface area contributed by atoms with E-state index in [0.29, 0.717) is 43.0 Å². The summed E-state index contributed by atoms with van der Waals surface area (Å²) in [7, 11) is 1.43. The van der Waals surface area contributed by atoms with Gasteiger partial charge in [0.15, 0.2) is 0 Å². The number of nitrogens with one attached hydrogen (secondary N) is 2. The minimum atomic E-state index is -4.87. The zero-order valence-corrected chi connectivity index (χ0v) is 24.5. The van der Waals surface area contributed by atoms with Gasteiger partial charge in [0.1, 0.15) is 22.8 Å². The van der Waals surface area contributed by atoms with Crippen LogP contribution in [0.15, 0.2) is 49.2 Å². The maximum absolute atomic E-state index is 13.7. The molecule has 0 saturated heterocycles. The molecule has 47 heavy (non-hydrogen) atoms. The molecule has 0 atom stereocenters. The molecule has 19 heteroatoms. The molecule has 0 radical (unpaired) electrons. The Morgan fingerprint density at radius 2 is 1.68 bits per heavy atom. The predicted octanol–water partition coefficient (Wildman–Crippen LogP) is 5.82. The summed E-state index contributed by atoms with van der Waals surface area (Å²) >= 11 is 0. The van der Waals surface area contributed by atoms with Crippen molar-refractivity contribution in [2.75, 3.05) is 23.9 Å². The fourth-order valence-electron chi connectivity index (χ4n) is 5.06. The van der Waals surface area contributed by atoms with Crippen LogP contribution in [0.4, 0.5) is 47.3 Å². The summed E-state index contributed by atoms with van der Waals surface area (Å²) in [4.78, 5) is 34.6. The summed E-state index contributed by atoms with van der Waals surface area (Å²) in [5.41, 5.74) is -1.05. The van der Waals surface area contributed by atoms with Crippen molar-refractivity contribution in [1.29, 1.82) is 0 Å². The normalized spacial score (nSPS) is 16.7. The lowest BCUT2D eigenvalue weighted by Crippen LogP contribution is -2.50. The second-order valence-electron chi connectivity index (χ2n) is 10.4. The number of aromatic nitrogens is 7. The number of hydrogen-bond acceptors (Lipinski definition) is 9. The fourth-order valence-corrected chi connectivity index (χ4v) is 5.06. The van der Waals surface area contributed by atoms with Crippen LogP contribution in [0.25, 0.3) is 22.5 Å². The number of anilines is 2. The number of amides is 2. The second-order valence-corrected chi connectivity index (χ2v) is 10.4. The lowest BCUT2D eigenvalue weighted by molar-refractivity contribution is -0.137. The van der Waals surface area contributed by atoms with Crippen molar-refractivity contribution in [3.8, 4) is 28.5 Å². The Morgan fingerprint density at radius 1 is 0.979 bits per heavy atom. The molecular weight excluding hydrogens is 641 g/mol. The average molecular weight is 669 g/mol. The van der Waals surface area contributed by atoms with Crippen molar-refractivity contribution in [2.24, 2.45) is 0 Å². The van der Waals surface area contributed by atoms with Crippen LogP contribution in [0.1, 0.15) is 37.8 Å². The summed E-state index contributed by atoms with van der Waals surface area (Å²) in [6.07, 6.45) is -0.182. The summed E-state index contributed by atoms with van der Waals surface area (Å²) in [5.74, 6) is 0.0413. The first kappa shape index (κ1) is 33.3. The number of carbonyl (C=O) groups excluding carboxylic acids is 1. The first-order valence-electron chi connectivity index (χ1n) is 14.1. The monoisotopic (exact) mass is 668 g/mol. The number of methoxy groups -OCH3 is 1. The number of halogens is 7. The topological polar surface area (TPSA) is 136 Å². The minimum absolute atomic E-state index is 0.172. The molecule has 4 aromatic heterocycles. The molecule has 0 aromatic carbocycles. The van der Waals surface area contributed by atoms with E-state index in [0.717, 1.165) is 12.3 Å². The van der Waals surface area contributed by atoms with Gasteiger partial charge in [-0.1, -0.05) is 0 Å². The Balaban J connectivity index is 1.31. The molecule has 1 fully saturated rings. The number of rotatable bonds is 10. The van der Waals surface area contributed by atoms with Crippen LogP contribution >= 0.6 is 0 Å². The molecule has 250 valence electrons. The Bertz CT molecular complexity index is 1640. The molecule has 0 spiro atoms. The van der Waals surface area contributed by atoms with Crippen molar-refractivity contribution < 1.29 is 40.3 Å². The Morgan fingerprint density at radius 3 is 2.26 bits per heavy atom. The van der Waals surface area contributed by atoms with Gasteiger partial charge in [-0.05, 0) is 43.9 Å². The van der Waals surface area contributed by atoms with E-state index in [-0.39, 0.29) is 28.5 Å². The van der Waals surface area contributed by atoms with Crippen LogP contribution in [0.2, 0.25) is 0 Å². The van der Waals surface area contributed by atoms with Gasteiger partial charge in [-0.25, -0.2) is 43.2 Å². The fraction of sp³-hybridized carbons (Fsp3) is 0.393. The van der Waals surface area contributed by atoms with E-state index in [4.69, 9.17) is 4.74 Å². The number of urea groups is 1. The molecule has 1 saturated carbocycles. The maximum Gasteiger partial charge on any atom is 0.420 e. The first-order chi connectivity index (χ1) is 22.4. The molecule has 2 N–H and O–H groups in total. The molecule has 0 unspecified atom stereocenters. The standard InChI is InChI=1S/C28H27F7N10O2/c1-47-26-38-11-16(12-39-26)15-2-7-22(36-10-15)45(27(46)40-14-21(29)30)18-5-3-17(4-6-18)41-25-37-13-19(28(33,34)35)23(42-25)20-8-9-44(43-20)24(31)32/h2,7-13,17-18,21,24H,3-6,14H2,1H3,(H,40,46)(H,37,41,42). The number of hydrogen-bond donors (Lipinski definition) is 2. The van der Waals surface area contributed by atoms with Crippen LogP contribution in [0, 0.1) is 0 Å². The zero-order valence-electron chi connectivity index (χ0n) is 24.5.